The summed E-state index contributed by atoms with van der Waals surface area (Å²) in [7, 11) is 0. The van der Waals surface area contributed by atoms with Crippen LogP contribution in [-0.2, 0) is 6.42 Å². The molecule has 0 atom stereocenters. The molecule has 0 radical (unpaired) electrons. The molecule has 0 saturated heterocycles. The summed E-state index contributed by atoms with van der Waals surface area (Å²) < 4.78 is 1.42. The molecule has 0 fully saturated rings. The van der Waals surface area contributed by atoms with Crippen LogP contribution in [0.5, 0.6) is 0 Å². The second-order valence-corrected chi connectivity index (χ2v) is 4.99. The molecular formula is C14H15ClN6. The van der Waals surface area contributed by atoms with Crippen molar-refractivity contribution >= 4 is 39.3 Å². The lowest BCUT2D eigenvalue weighted by molar-refractivity contribution is 0.879. The third kappa shape index (κ3) is 2.34. The molecule has 5 N–H and O–H groups in total. The molecule has 0 spiro atoms. The Labute approximate surface area is 126 Å². The fraction of sp³-hybridized carbons (Fsp3) is 0.143. The number of nitrogens with one attached hydrogen (secondary N) is 1. The fourth-order valence-electron chi connectivity index (χ4n) is 2.07. The zero-order valence-corrected chi connectivity index (χ0v) is 12.2. The summed E-state index contributed by atoms with van der Waals surface area (Å²) in [5.41, 5.74) is 14.9. The normalized spacial score (nSPS) is 12.7. The largest absolute Gasteiger partial charge is 0.393 e. The van der Waals surface area contributed by atoms with E-state index in [0.29, 0.717) is 17.3 Å². The number of hydrogen-bond donors (Lipinski definition) is 3. The molecule has 0 aliphatic carbocycles. The van der Waals surface area contributed by atoms with Crippen molar-refractivity contribution < 1.29 is 0 Å². The highest BCUT2D eigenvalue weighted by Crippen LogP contribution is 2.24. The van der Waals surface area contributed by atoms with Gasteiger partial charge in [0.2, 0.25) is 0 Å². The van der Waals surface area contributed by atoms with Crippen LogP contribution in [0.15, 0.2) is 30.3 Å². The number of aromatic amines is 1. The van der Waals surface area contributed by atoms with Crippen molar-refractivity contribution in [2.24, 2.45) is 5.73 Å². The molecule has 3 rings (SSSR count). The molecule has 2 aromatic heterocycles. The molecule has 1 aromatic carbocycles. The summed E-state index contributed by atoms with van der Waals surface area (Å²) in [5.74, 6) is 0.935. The van der Waals surface area contributed by atoms with Gasteiger partial charge in [0, 0.05) is 6.07 Å². The molecule has 0 aliphatic heterocycles. The minimum atomic E-state index is 0.228. The first-order valence-corrected chi connectivity index (χ1v) is 6.93. The van der Waals surface area contributed by atoms with Gasteiger partial charge in [-0.1, -0.05) is 30.7 Å². The van der Waals surface area contributed by atoms with Gasteiger partial charge in [-0.05, 0) is 18.6 Å². The Morgan fingerprint density at radius 2 is 2.14 bits per heavy atom. The van der Waals surface area contributed by atoms with Crippen LogP contribution in [0, 0.1) is 0 Å². The average Bonchev–Trinajstić information content (AvgIpc) is 3.08. The van der Waals surface area contributed by atoms with Crippen LogP contribution >= 0.6 is 11.6 Å². The van der Waals surface area contributed by atoms with E-state index >= 15 is 0 Å². The van der Waals surface area contributed by atoms with Crippen LogP contribution in [0.25, 0.3) is 21.9 Å². The van der Waals surface area contributed by atoms with Crippen molar-refractivity contribution in [3.8, 4) is 0 Å². The molecule has 0 bridgehead atoms. The smallest absolute Gasteiger partial charge is 0.159 e. The first kappa shape index (κ1) is 13.5. The van der Waals surface area contributed by atoms with E-state index in [1.807, 2.05) is 31.2 Å². The first-order valence-electron chi connectivity index (χ1n) is 6.55. The number of rotatable bonds is 3. The molecular weight excluding hydrogens is 288 g/mol. The van der Waals surface area contributed by atoms with Crippen molar-refractivity contribution in [1.82, 2.24) is 19.7 Å². The molecule has 0 aliphatic rings. The lowest BCUT2D eigenvalue weighted by Gasteiger charge is -2.05. The van der Waals surface area contributed by atoms with Gasteiger partial charge in [0.25, 0.3) is 0 Å². The highest BCUT2D eigenvalue weighted by Gasteiger charge is 2.14. The van der Waals surface area contributed by atoms with Crippen molar-refractivity contribution in [3.63, 3.8) is 0 Å². The van der Waals surface area contributed by atoms with Gasteiger partial charge in [0.15, 0.2) is 11.0 Å². The highest BCUT2D eigenvalue weighted by molar-refractivity contribution is 6.48. The molecule has 108 valence electrons. The maximum Gasteiger partial charge on any atom is 0.159 e. The van der Waals surface area contributed by atoms with Crippen LogP contribution in [0.4, 0.5) is 5.82 Å². The second kappa shape index (κ2) is 5.14. The molecule has 0 saturated carbocycles. The van der Waals surface area contributed by atoms with Crippen LogP contribution in [0.1, 0.15) is 18.4 Å². The predicted octanol–water partition coefficient (Wildman–Crippen LogP) is 2.38. The van der Waals surface area contributed by atoms with Gasteiger partial charge in [0.1, 0.15) is 11.5 Å². The quantitative estimate of drug-likeness (QED) is 0.691. The summed E-state index contributed by atoms with van der Waals surface area (Å²) in [6.45, 7) is 1.99. The Bertz CT molecular complexity index is 796. The zero-order valence-electron chi connectivity index (χ0n) is 11.5. The van der Waals surface area contributed by atoms with Crippen LogP contribution < -0.4 is 11.5 Å². The van der Waals surface area contributed by atoms with E-state index in [9.17, 15) is 0 Å². The van der Waals surface area contributed by atoms with Crippen molar-refractivity contribution in [1.29, 1.82) is 0 Å². The summed E-state index contributed by atoms with van der Waals surface area (Å²) in [4.78, 5) is 7.54. The predicted molar refractivity (Wildman–Crippen MR) is 85.3 cm³/mol. The van der Waals surface area contributed by atoms with Crippen LogP contribution in [-0.4, -0.2) is 19.7 Å². The minimum absolute atomic E-state index is 0.228. The highest BCUT2D eigenvalue weighted by atomic mass is 35.5. The van der Waals surface area contributed by atoms with E-state index in [-0.39, 0.29) is 5.16 Å². The van der Waals surface area contributed by atoms with Gasteiger partial charge in [-0.3, -0.25) is 0 Å². The lowest BCUT2D eigenvalue weighted by Crippen LogP contribution is -2.08. The molecule has 3 aromatic rings. The second-order valence-electron chi connectivity index (χ2n) is 4.63. The number of aryl methyl sites for hydroxylation is 1. The summed E-state index contributed by atoms with van der Waals surface area (Å²) in [6, 6.07) is 9.42. The number of hydrogen-bond acceptors (Lipinski definition) is 4. The van der Waals surface area contributed by atoms with Gasteiger partial charge in [-0.15, -0.1) is 0 Å². The van der Waals surface area contributed by atoms with E-state index in [2.05, 4.69) is 15.1 Å². The standard InChI is InChI=1S/C14H15ClN6/c1-2-8-7-11(16)21(20-8)13(15)12(17)14-18-9-5-3-4-6-10(9)19-14/h3-7H,2,16-17H2,1H3,(H,18,19)/b13-12-. The number of nitrogens with two attached hydrogens (primary N) is 2. The Hall–Kier alpha value is -2.47. The number of imidazole rings is 1. The molecule has 6 nitrogen and oxygen atoms in total. The first-order chi connectivity index (χ1) is 10.1. The fourth-order valence-corrected chi connectivity index (χ4v) is 2.29. The van der Waals surface area contributed by atoms with E-state index < -0.39 is 0 Å². The number of nitrogen functional groups attached to an aromatic ring is 1. The van der Waals surface area contributed by atoms with Gasteiger partial charge in [0.05, 0.1) is 16.7 Å². The third-order valence-electron chi connectivity index (χ3n) is 3.20. The van der Waals surface area contributed by atoms with Crippen molar-refractivity contribution in [3.05, 3.63) is 41.9 Å². The molecule has 0 unspecified atom stereocenters. The number of aromatic nitrogens is 4. The monoisotopic (exact) mass is 302 g/mol. The van der Waals surface area contributed by atoms with E-state index in [1.165, 1.54) is 4.68 Å². The lowest BCUT2D eigenvalue weighted by atomic mass is 10.3. The summed E-state index contributed by atoms with van der Waals surface area (Å²) in [6.07, 6.45) is 0.770. The maximum atomic E-state index is 6.31. The summed E-state index contributed by atoms with van der Waals surface area (Å²) in [5, 5.41) is 4.54. The number of benzene rings is 1. The number of nitrogens with zero attached hydrogens (tertiary/aromatic N) is 3. The minimum Gasteiger partial charge on any atom is -0.393 e. The summed E-state index contributed by atoms with van der Waals surface area (Å²) >= 11 is 6.31. The van der Waals surface area contributed by atoms with E-state index in [4.69, 9.17) is 23.1 Å². The number of para-hydroxylation sites is 2. The van der Waals surface area contributed by atoms with Crippen LogP contribution in [0.2, 0.25) is 0 Å². The van der Waals surface area contributed by atoms with Crippen LogP contribution in [0.3, 0.4) is 0 Å². The Morgan fingerprint density at radius 1 is 1.38 bits per heavy atom. The number of halogens is 1. The molecule has 2 heterocycles. The number of anilines is 1. The van der Waals surface area contributed by atoms with E-state index in [1.54, 1.807) is 6.07 Å². The average molecular weight is 303 g/mol. The zero-order chi connectivity index (χ0) is 15.0. The SMILES string of the molecule is CCc1cc(N)n(/C(Cl)=C(\N)c2nc3ccccc3[nH]2)n1. The van der Waals surface area contributed by atoms with Gasteiger partial charge < -0.3 is 16.5 Å². The Morgan fingerprint density at radius 3 is 2.81 bits per heavy atom. The molecule has 0 amide bonds. The topological polar surface area (TPSA) is 98.5 Å². The van der Waals surface area contributed by atoms with E-state index in [0.717, 1.165) is 23.1 Å². The number of H-pyrrole nitrogens is 1. The van der Waals surface area contributed by atoms with Gasteiger partial charge in [-0.2, -0.15) is 5.10 Å². The maximum absolute atomic E-state index is 6.31. The molecule has 21 heavy (non-hydrogen) atoms. The third-order valence-corrected chi connectivity index (χ3v) is 3.57. The number of fused-ring (bicyclic) bond motifs is 1. The molecule has 7 heteroatoms. The van der Waals surface area contributed by atoms with Gasteiger partial charge >= 0.3 is 0 Å². The van der Waals surface area contributed by atoms with Crippen molar-refractivity contribution in [2.45, 2.75) is 13.3 Å². The van der Waals surface area contributed by atoms with Crippen molar-refractivity contribution in [2.75, 3.05) is 5.73 Å². The van der Waals surface area contributed by atoms with Gasteiger partial charge in [-0.25, -0.2) is 9.67 Å². The Kier molecular flexibility index (Phi) is 3.31. The Balaban J connectivity index is 2.09.